The third-order valence-corrected chi connectivity index (χ3v) is 9.13. The molecule has 0 bridgehead atoms. The van der Waals surface area contributed by atoms with Gasteiger partial charge in [-0.05, 0) is 69.6 Å². The largest absolute Gasteiger partial charge is 0.346 e. The average molecular weight is 441 g/mol. The Kier molecular flexibility index (Phi) is 5.97. The van der Waals surface area contributed by atoms with E-state index in [0.29, 0.717) is 30.8 Å². The van der Waals surface area contributed by atoms with Crippen molar-refractivity contribution in [2.75, 3.05) is 13.1 Å². The van der Waals surface area contributed by atoms with E-state index in [-0.39, 0.29) is 17.4 Å². The molecule has 6 heteroatoms. The summed E-state index contributed by atoms with van der Waals surface area (Å²) in [5.74, 6) is -0.0869. The molecule has 4 rings (SSSR count). The molecule has 0 atom stereocenters. The molecule has 0 radical (unpaired) electrons. The molecule has 31 heavy (non-hydrogen) atoms. The van der Waals surface area contributed by atoms with Crippen molar-refractivity contribution in [3.05, 3.63) is 64.7 Å². The van der Waals surface area contributed by atoms with Crippen molar-refractivity contribution in [3.8, 4) is 0 Å². The number of rotatable bonds is 5. The minimum Gasteiger partial charge on any atom is -0.346 e. The number of nitrogens with zero attached hydrogens (tertiary/aromatic N) is 1. The number of carbonyl (C=O) groups excluding carboxylic acids is 1. The maximum atomic E-state index is 13.3. The van der Waals surface area contributed by atoms with Crippen LogP contribution in [0.15, 0.2) is 47.4 Å². The molecule has 1 saturated carbocycles. The van der Waals surface area contributed by atoms with E-state index >= 15 is 0 Å². The summed E-state index contributed by atoms with van der Waals surface area (Å²) in [5, 5.41) is 3.32. The summed E-state index contributed by atoms with van der Waals surface area (Å²) in [5.41, 5.74) is 3.55. The van der Waals surface area contributed by atoms with E-state index in [0.717, 1.165) is 36.0 Å². The zero-order valence-electron chi connectivity index (χ0n) is 18.6. The second-order valence-electron chi connectivity index (χ2n) is 9.20. The number of sulfonamides is 1. The second kappa shape index (κ2) is 8.40. The van der Waals surface area contributed by atoms with E-state index in [4.69, 9.17) is 0 Å². The van der Waals surface area contributed by atoms with Gasteiger partial charge < -0.3 is 5.32 Å². The number of piperidine rings is 1. The Morgan fingerprint density at radius 3 is 2.10 bits per heavy atom. The molecule has 1 N–H and O–H groups in total. The maximum Gasteiger partial charge on any atom is 0.243 e. The monoisotopic (exact) mass is 440 g/mol. The molecule has 1 aliphatic carbocycles. The Balaban J connectivity index is 1.43. The molecule has 5 nitrogen and oxygen atoms in total. The van der Waals surface area contributed by atoms with Gasteiger partial charge in [0.2, 0.25) is 15.9 Å². The minimum absolute atomic E-state index is 0.0586. The van der Waals surface area contributed by atoms with E-state index in [1.54, 1.807) is 4.31 Å². The highest BCUT2D eigenvalue weighted by molar-refractivity contribution is 7.89. The van der Waals surface area contributed by atoms with Gasteiger partial charge in [-0.15, -0.1) is 0 Å². The molecule has 0 unspecified atom stereocenters. The summed E-state index contributed by atoms with van der Waals surface area (Å²) in [6, 6.07) is 14.0. The topological polar surface area (TPSA) is 66.5 Å². The van der Waals surface area contributed by atoms with E-state index in [2.05, 4.69) is 17.4 Å². The van der Waals surface area contributed by atoms with Crippen molar-refractivity contribution in [1.29, 1.82) is 0 Å². The lowest BCUT2D eigenvalue weighted by Crippen LogP contribution is -2.53. The number of hydrogen-bond acceptors (Lipinski definition) is 3. The summed E-state index contributed by atoms with van der Waals surface area (Å²) < 4.78 is 28.2. The fraction of sp³-hybridized carbons (Fsp3) is 0.480. The van der Waals surface area contributed by atoms with Gasteiger partial charge in [0.25, 0.3) is 0 Å². The normalized spacial score (nSPS) is 19.6. The molecule has 2 aromatic carbocycles. The number of aryl methyl sites for hydroxylation is 3. The van der Waals surface area contributed by atoms with Gasteiger partial charge in [-0.2, -0.15) is 4.31 Å². The van der Waals surface area contributed by atoms with Crippen molar-refractivity contribution < 1.29 is 13.2 Å². The molecule has 2 fully saturated rings. The molecule has 0 aromatic heterocycles. The van der Waals surface area contributed by atoms with E-state index < -0.39 is 10.0 Å². The molecular formula is C25H32N2O3S. The molecular weight excluding hydrogens is 408 g/mol. The van der Waals surface area contributed by atoms with Crippen LogP contribution in [0, 0.1) is 26.7 Å². The highest BCUT2D eigenvalue weighted by Gasteiger charge is 2.42. The van der Waals surface area contributed by atoms with Gasteiger partial charge in [0.1, 0.15) is 0 Å². The quantitative estimate of drug-likeness (QED) is 0.757. The van der Waals surface area contributed by atoms with Crippen LogP contribution >= 0.6 is 0 Å². The van der Waals surface area contributed by atoms with Gasteiger partial charge >= 0.3 is 0 Å². The van der Waals surface area contributed by atoms with Crippen molar-refractivity contribution in [3.63, 3.8) is 0 Å². The Bertz CT molecular complexity index is 1040. The van der Waals surface area contributed by atoms with Crippen molar-refractivity contribution in [2.24, 2.45) is 5.92 Å². The molecule has 2 aromatic rings. The summed E-state index contributed by atoms with van der Waals surface area (Å²) in [6.07, 6.45) is 4.14. The molecule has 1 amide bonds. The summed E-state index contributed by atoms with van der Waals surface area (Å²) >= 11 is 0. The van der Waals surface area contributed by atoms with E-state index in [1.165, 1.54) is 5.56 Å². The Morgan fingerprint density at radius 1 is 1.00 bits per heavy atom. The number of carbonyl (C=O) groups is 1. The maximum absolute atomic E-state index is 13.3. The van der Waals surface area contributed by atoms with Gasteiger partial charge in [-0.3, -0.25) is 4.79 Å². The van der Waals surface area contributed by atoms with Crippen LogP contribution in [0.4, 0.5) is 0 Å². The molecule has 2 aliphatic rings. The lowest BCUT2D eigenvalue weighted by atomic mass is 9.71. The number of nitrogens with one attached hydrogen (secondary N) is 1. The van der Waals surface area contributed by atoms with Gasteiger partial charge in [0, 0.05) is 19.0 Å². The van der Waals surface area contributed by atoms with Crippen LogP contribution in [0.1, 0.15) is 54.4 Å². The molecule has 1 aliphatic heterocycles. The predicted molar refractivity (Wildman–Crippen MR) is 122 cm³/mol. The average Bonchev–Trinajstić information content (AvgIpc) is 2.70. The van der Waals surface area contributed by atoms with Gasteiger partial charge in [0.05, 0.1) is 10.4 Å². The predicted octanol–water partition coefficient (Wildman–Crippen LogP) is 4.21. The SMILES string of the molecule is Cc1cc(C)c(S(=O)(=O)N2CCC(C(=O)NC3(c4ccccc4)CCC3)CC2)c(C)c1. The van der Waals surface area contributed by atoms with E-state index in [9.17, 15) is 13.2 Å². The zero-order valence-corrected chi connectivity index (χ0v) is 19.5. The lowest BCUT2D eigenvalue weighted by Gasteiger charge is -2.44. The molecule has 166 valence electrons. The summed E-state index contributed by atoms with van der Waals surface area (Å²) in [7, 11) is -3.56. The summed E-state index contributed by atoms with van der Waals surface area (Å²) in [6.45, 7) is 6.45. The Morgan fingerprint density at radius 2 is 1.58 bits per heavy atom. The standard InChI is InChI=1S/C25H32N2O3S/c1-18-16-19(2)23(20(3)17-18)31(29,30)27-14-10-21(11-15-27)24(28)26-25(12-7-13-25)22-8-5-4-6-9-22/h4-6,8-9,16-17,21H,7,10-15H2,1-3H3,(H,26,28). The van der Waals surface area contributed by atoms with Crippen LogP contribution in [-0.2, 0) is 20.4 Å². The first-order valence-electron chi connectivity index (χ1n) is 11.2. The number of amides is 1. The fourth-order valence-corrected chi connectivity index (χ4v) is 7.05. The molecule has 0 spiro atoms. The number of hydrogen-bond donors (Lipinski definition) is 1. The Labute approximate surface area is 185 Å². The van der Waals surface area contributed by atoms with Crippen LogP contribution in [0.25, 0.3) is 0 Å². The van der Waals surface area contributed by atoms with Crippen LogP contribution < -0.4 is 5.32 Å². The molecule has 1 heterocycles. The zero-order chi connectivity index (χ0) is 22.2. The van der Waals surface area contributed by atoms with Crippen LogP contribution in [0.2, 0.25) is 0 Å². The third kappa shape index (κ3) is 4.15. The molecule has 1 saturated heterocycles. The van der Waals surface area contributed by atoms with Gasteiger partial charge in [-0.25, -0.2) is 8.42 Å². The van der Waals surface area contributed by atoms with Gasteiger partial charge in [0.15, 0.2) is 0 Å². The highest BCUT2D eigenvalue weighted by Crippen LogP contribution is 2.41. The first-order valence-corrected chi connectivity index (χ1v) is 12.6. The third-order valence-electron chi connectivity index (χ3n) is 6.92. The van der Waals surface area contributed by atoms with Crippen molar-refractivity contribution >= 4 is 15.9 Å². The minimum atomic E-state index is -3.56. The van der Waals surface area contributed by atoms with Crippen LogP contribution in [0.3, 0.4) is 0 Å². The first-order chi connectivity index (χ1) is 14.7. The fourth-order valence-electron chi connectivity index (χ4n) is 5.17. The van der Waals surface area contributed by atoms with Crippen LogP contribution in [-0.4, -0.2) is 31.7 Å². The van der Waals surface area contributed by atoms with E-state index in [1.807, 2.05) is 51.1 Å². The second-order valence-corrected chi connectivity index (χ2v) is 11.1. The van der Waals surface area contributed by atoms with Gasteiger partial charge in [-0.1, -0.05) is 48.0 Å². The first kappa shape index (κ1) is 22.0. The Hall–Kier alpha value is -2.18. The van der Waals surface area contributed by atoms with Crippen molar-refractivity contribution in [1.82, 2.24) is 9.62 Å². The number of benzene rings is 2. The van der Waals surface area contributed by atoms with Crippen molar-refractivity contribution in [2.45, 2.75) is 63.3 Å². The summed E-state index contributed by atoms with van der Waals surface area (Å²) in [4.78, 5) is 13.5. The smallest absolute Gasteiger partial charge is 0.243 e. The lowest BCUT2D eigenvalue weighted by molar-refractivity contribution is -0.129. The van der Waals surface area contributed by atoms with Crippen LogP contribution in [0.5, 0.6) is 0 Å². The highest BCUT2D eigenvalue weighted by atomic mass is 32.2.